The Kier molecular flexibility index (Phi) is 3.81. The molecule has 0 bridgehead atoms. The third kappa shape index (κ3) is 2.92. The molecule has 0 fully saturated rings. The zero-order chi connectivity index (χ0) is 16.6. The maximum absolute atomic E-state index is 13.2. The van der Waals surface area contributed by atoms with E-state index in [9.17, 15) is 9.18 Å². The number of nitrogens with one attached hydrogen (secondary N) is 1. The number of halogens is 1. The number of nitrogens with zero attached hydrogens (tertiary/aromatic N) is 5. The normalized spacial score (nSPS) is 11.3. The van der Waals surface area contributed by atoms with Crippen molar-refractivity contribution in [1.82, 2.24) is 29.9 Å². The first-order chi connectivity index (χ1) is 11.0. The van der Waals surface area contributed by atoms with Crippen LogP contribution in [0.4, 0.5) is 4.39 Å². The molecule has 2 aromatic heterocycles. The predicted molar refractivity (Wildman–Crippen MR) is 82.2 cm³/mol. The van der Waals surface area contributed by atoms with Gasteiger partial charge in [0, 0.05) is 13.1 Å². The summed E-state index contributed by atoms with van der Waals surface area (Å²) in [6, 6.07) is 4.51. The molecule has 0 aliphatic carbocycles. The third-order valence-corrected chi connectivity index (χ3v) is 3.55. The van der Waals surface area contributed by atoms with Gasteiger partial charge in [-0.3, -0.25) is 4.79 Å². The van der Waals surface area contributed by atoms with Crippen LogP contribution in [0.1, 0.15) is 36.2 Å². The third-order valence-electron chi connectivity index (χ3n) is 3.55. The zero-order valence-corrected chi connectivity index (χ0v) is 13.1. The second-order valence-corrected chi connectivity index (χ2v) is 5.55. The summed E-state index contributed by atoms with van der Waals surface area (Å²) in [5.41, 5.74) is 1.62. The Labute approximate surface area is 132 Å². The fourth-order valence-corrected chi connectivity index (χ4v) is 2.26. The van der Waals surface area contributed by atoms with E-state index in [1.165, 1.54) is 23.1 Å². The summed E-state index contributed by atoms with van der Waals surface area (Å²) >= 11 is 0. The number of aryl methyl sites for hydroxylation is 1. The van der Waals surface area contributed by atoms with Crippen molar-refractivity contribution in [2.75, 3.05) is 0 Å². The second kappa shape index (κ2) is 5.79. The van der Waals surface area contributed by atoms with Crippen LogP contribution in [-0.2, 0) is 13.6 Å². The van der Waals surface area contributed by atoms with Crippen LogP contribution in [0.15, 0.2) is 24.4 Å². The predicted octanol–water partition coefficient (Wildman–Crippen LogP) is 1.81. The van der Waals surface area contributed by atoms with E-state index in [-0.39, 0.29) is 30.0 Å². The minimum atomic E-state index is -0.337. The van der Waals surface area contributed by atoms with E-state index >= 15 is 0 Å². The standard InChI is InChI=1S/C15H17FN6O/c1-9(2)22-18-7-12(20-22)15(23)17-8-14-19-11-6-10(16)4-5-13(11)21(14)3/h4-7,9H,8H2,1-3H3,(H,17,23). The minimum absolute atomic E-state index is 0.0892. The fraction of sp³-hybridized carbons (Fsp3) is 0.333. The molecule has 0 atom stereocenters. The molecule has 8 heteroatoms. The lowest BCUT2D eigenvalue weighted by Crippen LogP contribution is -2.25. The SMILES string of the molecule is CC(C)n1ncc(C(=O)NCc2nc3cc(F)ccc3n2C)n1. The van der Waals surface area contributed by atoms with E-state index in [0.29, 0.717) is 11.3 Å². The van der Waals surface area contributed by atoms with Crippen molar-refractivity contribution < 1.29 is 9.18 Å². The molecular formula is C15H17FN6O. The summed E-state index contributed by atoms with van der Waals surface area (Å²) in [6.07, 6.45) is 1.43. The molecule has 3 rings (SSSR count). The van der Waals surface area contributed by atoms with Gasteiger partial charge in [-0.25, -0.2) is 9.37 Å². The molecule has 0 spiro atoms. The molecule has 0 aliphatic heterocycles. The number of carbonyl (C=O) groups is 1. The van der Waals surface area contributed by atoms with Gasteiger partial charge in [-0.05, 0) is 26.0 Å². The van der Waals surface area contributed by atoms with Crippen LogP contribution in [-0.4, -0.2) is 30.5 Å². The van der Waals surface area contributed by atoms with Gasteiger partial charge >= 0.3 is 0 Å². The fourth-order valence-electron chi connectivity index (χ4n) is 2.26. The number of imidazole rings is 1. The lowest BCUT2D eigenvalue weighted by molar-refractivity contribution is 0.0943. The highest BCUT2D eigenvalue weighted by Gasteiger charge is 2.14. The summed E-state index contributed by atoms with van der Waals surface area (Å²) < 4.78 is 15.1. The van der Waals surface area contributed by atoms with Gasteiger partial charge in [-0.1, -0.05) is 0 Å². The van der Waals surface area contributed by atoms with Crippen LogP contribution < -0.4 is 5.32 Å². The average molecular weight is 316 g/mol. The van der Waals surface area contributed by atoms with Gasteiger partial charge in [0.25, 0.3) is 5.91 Å². The van der Waals surface area contributed by atoms with E-state index in [4.69, 9.17) is 0 Å². The lowest BCUT2D eigenvalue weighted by Gasteiger charge is -2.04. The van der Waals surface area contributed by atoms with Crippen molar-refractivity contribution in [2.45, 2.75) is 26.4 Å². The van der Waals surface area contributed by atoms with Gasteiger partial charge in [-0.2, -0.15) is 9.90 Å². The highest BCUT2D eigenvalue weighted by atomic mass is 19.1. The Morgan fingerprint density at radius 3 is 2.87 bits per heavy atom. The minimum Gasteiger partial charge on any atom is -0.343 e. The van der Waals surface area contributed by atoms with E-state index in [2.05, 4.69) is 20.5 Å². The van der Waals surface area contributed by atoms with Crippen molar-refractivity contribution in [3.8, 4) is 0 Å². The topological polar surface area (TPSA) is 77.6 Å². The number of hydrogen-bond donors (Lipinski definition) is 1. The Morgan fingerprint density at radius 2 is 2.17 bits per heavy atom. The largest absolute Gasteiger partial charge is 0.343 e. The number of aromatic nitrogens is 5. The summed E-state index contributed by atoms with van der Waals surface area (Å²) in [4.78, 5) is 17.9. The van der Waals surface area contributed by atoms with E-state index in [1.807, 2.05) is 25.5 Å². The maximum atomic E-state index is 13.2. The van der Waals surface area contributed by atoms with Crippen molar-refractivity contribution in [1.29, 1.82) is 0 Å². The van der Waals surface area contributed by atoms with Crippen molar-refractivity contribution >= 4 is 16.9 Å². The van der Waals surface area contributed by atoms with Gasteiger partial charge < -0.3 is 9.88 Å². The molecule has 2 heterocycles. The number of hydrogen-bond acceptors (Lipinski definition) is 4. The number of benzene rings is 1. The quantitative estimate of drug-likeness (QED) is 0.796. The molecule has 0 saturated heterocycles. The smallest absolute Gasteiger partial charge is 0.273 e. The van der Waals surface area contributed by atoms with Crippen molar-refractivity contribution in [2.24, 2.45) is 7.05 Å². The molecule has 7 nitrogen and oxygen atoms in total. The van der Waals surface area contributed by atoms with Crippen LogP contribution in [0.25, 0.3) is 11.0 Å². The molecular weight excluding hydrogens is 299 g/mol. The average Bonchev–Trinajstić information content (AvgIpc) is 3.10. The number of fused-ring (bicyclic) bond motifs is 1. The molecule has 1 amide bonds. The Balaban J connectivity index is 1.74. The molecule has 0 radical (unpaired) electrons. The molecule has 0 saturated carbocycles. The first-order valence-electron chi connectivity index (χ1n) is 7.26. The van der Waals surface area contributed by atoms with Crippen LogP contribution >= 0.6 is 0 Å². The summed E-state index contributed by atoms with van der Waals surface area (Å²) in [5, 5.41) is 10.9. The highest BCUT2D eigenvalue weighted by Crippen LogP contribution is 2.16. The molecule has 120 valence electrons. The first kappa shape index (κ1) is 15.1. The van der Waals surface area contributed by atoms with Crippen LogP contribution in [0.3, 0.4) is 0 Å². The van der Waals surface area contributed by atoms with E-state index in [1.54, 1.807) is 6.07 Å². The Morgan fingerprint density at radius 1 is 1.39 bits per heavy atom. The highest BCUT2D eigenvalue weighted by molar-refractivity contribution is 5.91. The zero-order valence-electron chi connectivity index (χ0n) is 13.1. The Hall–Kier alpha value is -2.77. The van der Waals surface area contributed by atoms with Crippen molar-refractivity contribution in [3.05, 3.63) is 41.7 Å². The molecule has 1 aromatic carbocycles. The van der Waals surface area contributed by atoms with Gasteiger partial charge in [0.1, 0.15) is 11.6 Å². The van der Waals surface area contributed by atoms with E-state index in [0.717, 1.165) is 5.52 Å². The molecule has 0 aliphatic rings. The van der Waals surface area contributed by atoms with Gasteiger partial charge in [0.2, 0.25) is 0 Å². The maximum Gasteiger partial charge on any atom is 0.273 e. The lowest BCUT2D eigenvalue weighted by atomic mass is 10.3. The first-order valence-corrected chi connectivity index (χ1v) is 7.26. The summed E-state index contributed by atoms with van der Waals surface area (Å²) in [7, 11) is 1.82. The summed E-state index contributed by atoms with van der Waals surface area (Å²) in [6.45, 7) is 4.08. The summed E-state index contributed by atoms with van der Waals surface area (Å²) in [5.74, 6) is -0.0261. The Bertz CT molecular complexity index is 866. The van der Waals surface area contributed by atoms with Crippen LogP contribution in [0.5, 0.6) is 0 Å². The van der Waals surface area contributed by atoms with Gasteiger partial charge in [-0.15, -0.1) is 5.10 Å². The molecule has 0 unspecified atom stereocenters. The number of rotatable bonds is 4. The monoisotopic (exact) mass is 316 g/mol. The second-order valence-electron chi connectivity index (χ2n) is 5.55. The number of amides is 1. The van der Waals surface area contributed by atoms with Gasteiger partial charge in [0.15, 0.2) is 5.69 Å². The van der Waals surface area contributed by atoms with Crippen molar-refractivity contribution in [3.63, 3.8) is 0 Å². The van der Waals surface area contributed by atoms with Crippen LogP contribution in [0, 0.1) is 5.82 Å². The molecule has 3 aromatic rings. The van der Waals surface area contributed by atoms with Gasteiger partial charge in [0.05, 0.1) is 29.8 Å². The molecule has 1 N–H and O–H groups in total. The van der Waals surface area contributed by atoms with Crippen LogP contribution in [0.2, 0.25) is 0 Å². The molecule has 23 heavy (non-hydrogen) atoms. The number of carbonyl (C=O) groups excluding carboxylic acids is 1. The van der Waals surface area contributed by atoms with E-state index < -0.39 is 0 Å².